The molecule has 0 bridgehead atoms. The van der Waals surface area contributed by atoms with Crippen molar-refractivity contribution in [2.24, 2.45) is 0 Å². The van der Waals surface area contributed by atoms with E-state index in [-0.39, 0.29) is 22.5 Å². The topological polar surface area (TPSA) is 103 Å². The fraction of sp³-hybridized carbons (Fsp3) is 0.0714. The molecule has 0 saturated heterocycles. The van der Waals surface area contributed by atoms with Gasteiger partial charge in [-0.15, -0.1) is 0 Å². The SMILES string of the molecule is Cc1cc2c(cc1[N+](=O)[O-])C(=O)c1cc([N+](=O)[O-])ccc1-2. The maximum atomic E-state index is 12.3. The standard InChI is InChI=1S/C14H8N2O5/c1-7-4-10-9-3-2-8(15(18)19)5-11(9)14(17)12(10)6-13(7)16(20)21/h2-6H,1H3. The van der Waals surface area contributed by atoms with Gasteiger partial charge in [0, 0.05) is 34.9 Å². The van der Waals surface area contributed by atoms with Crippen LogP contribution in [0.15, 0.2) is 30.3 Å². The van der Waals surface area contributed by atoms with Crippen LogP contribution in [-0.2, 0) is 0 Å². The Morgan fingerprint density at radius 2 is 1.52 bits per heavy atom. The number of benzene rings is 2. The van der Waals surface area contributed by atoms with E-state index in [1.165, 1.54) is 24.3 Å². The highest BCUT2D eigenvalue weighted by Crippen LogP contribution is 2.40. The average molecular weight is 284 g/mol. The molecule has 0 amide bonds. The van der Waals surface area contributed by atoms with Crippen molar-refractivity contribution >= 4 is 17.2 Å². The van der Waals surface area contributed by atoms with Gasteiger partial charge >= 0.3 is 0 Å². The monoisotopic (exact) mass is 284 g/mol. The highest BCUT2D eigenvalue weighted by molar-refractivity contribution is 6.22. The normalized spacial score (nSPS) is 12.0. The fourth-order valence-electron chi connectivity index (χ4n) is 2.52. The summed E-state index contributed by atoms with van der Waals surface area (Å²) in [7, 11) is 0. The zero-order valence-electron chi connectivity index (χ0n) is 10.8. The van der Waals surface area contributed by atoms with Gasteiger partial charge in [0.1, 0.15) is 0 Å². The maximum absolute atomic E-state index is 12.3. The van der Waals surface area contributed by atoms with Crippen LogP contribution in [0.3, 0.4) is 0 Å². The number of nitrogens with zero attached hydrogens (tertiary/aromatic N) is 2. The number of carbonyl (C=O) groups excluding carboxylic acids is 1. The molecule has 2 aromatic carbocycles. The third kappa shape index (κ3) is 1.78. The van der Waals surface area contributed by atoms with Gasteiger partial charge in [0.2, 0.25) is 0 Å². The summed E-state index contributed by atoms with van der Waals surface area (Å²) >= 11 is 0. The van der Waals surface area contributed by atoms with Crippen molar-refractivity contribution in [2.75, 3.05) is 0 Å². The molecule has 1 aliphatic rings. The van der Waals surface area contributed by atoms with E-state index in [1.807, 2.05) is 0 Å². The minimum absolute atomic E-state index is 0.135. The first-order chi connectivity index (χ1) is 9.90. The molecule has 104 valence electrons. The van der Waals surface area contributed by atoms with Crippen molar-refractivity contribution in [1.29, 1.82) is 0 Å². The van der Waals surface area contributed by atoms with Gasteiger partial charge in [-0.25, -0.2) is 0 Å². The number of non-ortho nitro benzene ring substituents is 1. The molecule has 0 unspecified atom stereocenters. The van der Waals surface area contributed by atoms with Gasteiger partial charge in [-0.2, -0.15) is 0 Å². The Morgan fingerprint density at radius 3 is 2.14 bits per heavy atom. The van der Waals surface area contributed by atoms with E-state index in [4.69, 9.17) is 0 Å². The summed E-state index contributed by atoms with van der Waals surface area (Å²) in [4.78, 5) is 32.9. The number of rotatable bonds is 2. The summed E-state index contributed by atoms with van der Waals surface area (Å²) in [6, 6.07) is 6.83. The Balaban J connectivity index is 2.25. The number of nitro benzene ring substituents is 2. The molecule has 0 saturated carbocycles. The zero-order chi connectivity index (χ0) is 15.3. The van der Waals surface area contributed by atoms with Crippen LogP contribution >= 0.6 is 0 Å². The number of aryl methyl sites for hydroxylation is 1. The molecule has 0 atom stereocenters. The molecule has 7 heteroatoms. The highest BCUT2D eigenvalue weighted by atomic mass is 16.6. The van der Waals surface area contributed by atoms with Crippen LogP contribution < -0.4 is 0 Å². The summed E-state index contributed by atoms with van der Waals surface area (Å²) in [6.45, 7) is 1.59. The lowest BCUT2D eigenvalue weighted by molar-refractivity contribution is -0.385. The Kier molecular flexibility index (Phi) is 2.59. The van der Waals surface area contributed by atoms with Gasteiger partial charge in [0.25, 0.3) is 11.4 Å². The lowest BCUT2D eigenvalue weighted by Crippen LogP contribution is -1.99. The summed E-state index contributed by atoms with van der Waals surface area (Å²) in [5, 5.41) is 21.7. The molecule has 3 rings (SSSR count). The van der Waals surface area contributed by atoms with Gasteiger partial charge in [0.15, 0.2) is 5.78 Å². The Bertz CT molecular complexity index is 841. The predicted octanol–water partition coefficient (Wildman–Crippen LogP) is 3.02. The lowest BCUT2D eigenvalue weighted by atomic mass is 10.0. The fourth-order valence-corrected chi connectivity index (χ4v) is 2.52. The Morgan fingerprint density at radius 1 is 0.857 bits per heavy atom. The number of hydrogen-bond donors (Lipinski definition) is 0. The minimum atomic E-state index is -0.579. The predicted molar refractivity (Wildman–Crippen MR) is 73.4 cm³/mol. The van der Waals surface area contributed by atoms with Crippen molar-refractivity contribution in [2.45, 2.75) is 6.92 Å². The van der Waals surface area contributed by atoms with E-state index in [0.29, 0.717) is 16.7 Å². The van der Waals surface area contributed by atoms with Crippen LogP contribution in [0.1, 0.15) is 21.5 Å². The highest BCUT2D eigenvalue weighted by Gasteiger charge is 2.31. The van der Waals surface area contributed by atoms with Crippen molar-refractivity contribution in [3.05, 3.63) is 67.3 Å². The summed E-state index contributed by atoms with van der Waals surface area (Å²) in [6.07, 6.45) is 0. The molecular weight excluding hydrogens is 276 g/mol. The summed E-state index contributed by atoms with van der Waals surface area (Å²) in [5.74, 6) is -0.424. The minimum Gasteiger partial charge on any atom is -0.289 e. The first-order valence-electron chi connectivity index (χ1n) is 6.02. The van der Waals surface area contributed by atoms with Crippen molar-refractivity contribution in [3.63, 3.8) is 0 Å². The zero-order valence-corrected chi connectivity index (χ0v) is 10.8. The first kappa shape index (κ1) is 12.9. The number of carbonyl (C=O) groups is 1. The molecular formula is C14H8N2O5. The second kappa shape index (κ2) is 4.20. The number of ketones is 1. The van der Waals surface area contributed by atoms with Crippen LogP contribution in [0.4, 0.5) is 11.4 Å². The third-order valence-corrected chi connectivity index (χ3v) is 3.53. The summed E-state index contributed by atoms with van der Waals surface area (Å²) in [5.41, 5.74) is 1.69. The lowest BCUT2D eigenvalue weighted by Gasteiger charge is -2.02. The first-order valence-corrected chi connectivity index (χ1v) is 6.02. The molecule has 0 N–H and O–H groups in total. The van der Waals surface area contributed by atoms with Crippen molar-refractivity contribution in [3.8, 4) is 11.1 Å². The summed E-state index contributed by atoms with van der Waals surface area (Å²) < 4.78 is 0. The molecule has 0 aromatic heterocycles. The molecule has 0 fully saturated rings. The smallest absolute Gasteiger partial charge is 0.273 e. The molecule has 1 aliphatic carbocycles. The molecule has 0 heterocycles. The molecule has 0 spiro atoms. The van der Waals surface area contributed by atoms with E-state index < -0.39 is 15.6 Å². The molecule has 2 aromatic rings. The largest absolute Gasteiger partial charge is 0.289 e. The Labute approximate surface area is 118 Å². The second-order valence-corrected chi connectivity index (χ2v) is 4.76. The number of fused-ring (bicyclic) bond motifs is 3. The van der Waals surface area contributed by atoms with Crippen molar-refractivity contribution in [1.82, 2.24) is 0 Å². The quantitative estimate of drug-likeness (QED) is 0.531. The van der Waals surface area contributed by atoms with Crippen LogP contribution in [0.5, 0.6) is 0 Å². The maximum Gasteiger partial charge on any atom is 0.273 e. The molecule has 0 radical (unpaired) electrons. The van der Waals surface area contributed by atoms with Crippen LogP contribution in [0, 0.1) is 27.2 Å². The van der Waals surface area contributed by atoms with Crippen LogP contribution in [0.2, 0.25) is 0 Å². The second-order valence-electron chi connectivity index (χ2n) is 4.76. The van der Waals surface area contributed by atoms with Crippen LogP contribution in [-0.4, -0.2) is 15.6 Å². The van der Waals surface area contributed by atoms with Gasteiger partial charge in [0.05, 0.1) is 9.85 Å². The molecule has 7 nitrogen and oxygen atoms in total. The number of nitro groups is 2. The van der Waals surface area contributed by atoms with E-state index in [2.05, 4.69) is 0 Å². The van der Waals surface area contributed by atoms with Crippen molar-refractivity contribution < 1.29 is 14.6 Å². The van der Waals surface area contributed by atoms with Gasteiger partial charge < -0.3 is 0 Å². The number of hydrogen-bond acceptors (Lipinski definition) is 5. The third-order valence-electron chi connectivity index (χ3n) is 3.53. The van der Waals surface area contributed by atoms with E-state index >= 15 is 0 Å². The molecule has 0 aliphatic heterocycles. The van der Waals surface area contributed by atoms with Crippen LogP contribution in [0.25, 0.3) is 11.1 Å². The van der Waals surface area contributed by atoms with E-state index in [0.717, 1.165) is 0 Å². The molecule has 21 heavy (non-hydrogen) atoms. The van der Waals surface area contributed by atoms with E-state index in [1.54, 1.807) is 13.0 Å². The van der Waals surface area contributed by atoms with Gasteiger partial charge in [-0.05, 0) is 30.2 Å². The van der Waals surface area contributed by atoms with E-state index in [9.17, 15) is 25.0 Å². The Hall–Kier alpha value is -3.09. The average Bonchev–Trinajstić information content (AvgIpc) is 2.70. The van der Waals surface area contributed by atoms with Gasteiger partial charge in [-0.3, -0.25) is 25.0 Å². The van der Waals surface area contributed by atoms with Gasteiger partial charge in [-0.1, -0.05) is 0 Å².